The van der Waals surface area contributed by atoms with Crippen LogP contribution in [0.5, 0.6) is 0 Å². The summed E-state index contributed by atoms with van der Waals surface area (Å²) in [6.45, 7) is 0. The van der Waals surface area contributed by atoms with Crippen LogP contribution in [0.2, 0.25) is 0 Å². The summed E-state index contributed by atoms with van der Waals surface area (Å²) in [4.78, 5) is 8.41. The summed E-state index contributed by atoms with van der Waals surface area (Å²) in [5.41, 5.74) is 0. The third-order valence-corrected chi connectivity index (χ3v) is 0.621. The van der Waals surface area contributed by atoms with E-state index in [4.69, 9.17) is 81.2 Å². The number of rotatable bonds is 0. The van der Waals surface area contributed by atoms with Crippen LogP contribution in [0.4, 0.5) is 0 Å². The van der Waals surface area contributed by atoms with Crippen molar-refractivity contribution >= 4 is 81.2 Å². The minimum absolute atomic E-state index is 1.02. The lowest BCUT2D eigenvalue weighted by Gasteiger charge is -1.96. The van der Waals surface area contributed by atoms with Crippen LogP contribution in [0.25, 0.3) is 0 Å². The quantitative estimate of drug-likeness (QED) is 0.291. The Balaban J connectivity index is 0. The summed E-state index contributed by atoms with van der Waals surface area (Å²) < 4.78 is -3.97. The van der Waals surface area contributed by atoms with Gasteiger partial charge in [0.15, 0.2) is 0 Å². The Hall–Kier alpha value is 1.43. The SMILES string of the molecule is ClC(Cl)(Cl)Cl.O=[N+]([O-])C(Cl)(Cl)Cl. The lowest BCUT2D eigenvalue weighted by atomic mass is 11.4. The third kappa shape index (κ3) is 22.5. The fourth-order valence-electron chi connectivity index (χ4n) is 0. The Morgan fingerprint density at radius 2 is 1.00 bits per heavy atom. The van der Waals surface area contributed by atoms with Crippen molar-refractivity contribution in [2.75, 3.05) is 0 Å². The molecule has 0 saturated carbocycles. The van der Waals surface area contributed by atoms with Crippen LogP contribution in [-0.2, 0) is 0 Å². The van der Waals surface area contributed by atoms with E-state index in [0.717, 1.165) is 0 Å². The Kier molecular flexibility index (Phi) is 7.96. The van der Waals surface area contributed by atoms with Crippen molar-refractivity contribution in [2.45, 2.75) is 7.17 Å². The van der Waals surface area contributed by atoms with E-state index >= 15 is 0 Å². The van der Waals surface area contributed by atoms with E-state index in [2.05, 4.69) is 0 Å². The third-order valence-electron chi connectivity index (χ3n) is 0.207. The molecule has 0 rings (SSSR count). The maximum Gasteiger partial charge on any atom is 0.449 e. The number of nitro groups is 1. The van der Waals surface area contributed by atoms with Crippen molar-refractivity contribution in [3.05, 3.63) is 10.1 Å². The van der Waals surface area contributed by atoms with Gasteiger partial charge in [0.25, 0.3) is 3.25 Å². The van der Waals surface area contributed by atoms with Gasteiger partial charge in [0.1, 0.15) is 0 Å². The van der Waals surface area contributed by atoms with Gasteiger partial charge in [-0.25, -0.2) is 0 Å². The van der Waals surface area contributed by atoms with Crippen molar-refractivity contribution < 1.29 is 4.92 Å². The molecule has 10 heteroatoms. The van der Waals surface area contributed by atoms with Gasteiger partial charge in [-0.3, -0.25) is 10.1 Å². The predicted octanol–water partition coefficient (Wildman–Crippen LogP) is 4.14. The molecule has 0 amide bonds. The van der Waals surface area contributed by atoms with Crippen molar-refractivity contribution in [1.82, 2.24) is 0 Å². The van der Waals surface area contributed by atoms with E-state index in [0.29, 0.717) is 0 Å². The van der Waals surface area contributed by atoms with E-state index in [9.17, 15) is 10.1 Å². The first-order valence-electron chi connectivity index (χ1n) is 1.91. The van der Waals surface area contributed by atoms with Crippen LogP contribution in [-0.4, -0.2) is 12.1 Å². The van der Waals surface area contributed by atoms with Crippen molar-refractivity contribution in [3.63, 3.8) is 0 Å². The van der Waals surface area contributed by atoms with Crippen molar-refractivity contribution in [3.8, 4) is 0 Å². The highest BCUT2D eigenvalue weighted by atomic mass is 35.6. The molecule has 0 saturated heterocycles. The molecule has 0 fully saturated rings. The van der Waals surface area contributed by atoms with Gasteiger partial charge >= 0.3 is 3.92 Å². The van der Waals surface area contributed by atoms with E-state index < -0.39 is 12.1 Å². The summed E-state index contributed by atoms with van der Waals surface area (Å²) >= 11 is 33.4. The Morgan fingerprint density at radius 1 is 0.917 bits per heavy atom. The van der Waals surface area contributed by atoms with Crippen LogP contribution in [0.3, 0.4) is 0 Å². The standard InChI is InChI=1S/CCl4.CCl3NO2/c2-1(3,4)5;2-1(3,4)5(6)7. The molecule has 0 heterocycles. The topological polar surface area (TPSA) is 43.1 Å². The zero-order valence-electron chi connectivity index (χ0n) is 4.91. The molecule has 0 aromatic carbocycles. The molecule has 0 N–H and O–H groups in total. The molecular formula is C2Cl7NO2. The van der Waals surface area contributed by atoms with Gasteiger partial charge < -0.3 is 0 Å². The smallest absolute Gasteiger partial charge is 0.260 e. The van der Waals surface area contributed by atoms with Gasteiger partial charge in [0, 0.05) is 0 Å². The number of hydrogen-bond donors (Lipinski definition) is 0. The average molecular weight is 318 g/mol. The van der Waals surface area contributed by atoms with E-state index in [-0.39, 0.29) is 0 Å². The second-order valence-corrected chi connectivity index (χ2v) is 6.80. The molecule has 0 aliphatic carbocycles. The molecule has 0 radical (unpaired) electrons. The van der Waals surface area contributed by atoms with Gasteiger partial charge in [-0.15, -0.1) is 0 Å². The van der Waals surface area contributed by atoms with Crippen LogP contribution < -0.4 is 0 Å². The van der Waals surface area contributed by atoms with Crippen molar-refractivity contribution in [1.29, 1.82) is 0 Å². The minimum atomic E-state index is -2.36. The van der Waals surface area contributed by atoms with Crippen LogP contribution in [0.1, 0.15) is 0 Å². The van der Waals surface area contributed by atoms with Crippen LogP contribution in [0, 0.1) is 10.1 Å². The summed E-state index contributed by atoms with van der Waals surface area (Å²) in [5.74, 6) is 0. The van der Waals surface area contributed by atoms with Crippen molar-refractivity contribution in [2.24, 2.45) is 0 Å². The summed E-state index contributed by atoms with van der Waals surface area (Å²) in [6.07, 6.45) is 0. The first-order valence-corrected chi connectivity index (χ1v) is 4.56. The lowest BCUT2D eigenvalue weighted by Crippen LogP contribution is -2.15. The van der Waals surface area contributed by atoms with Gasteiger partial charge in [-0.1, -0.05) is 46.4 Å². The summed E-state index contributed by atoms with van der Waals surface area (Å²) in [5, 5.41) is 9.43. The van der Waals surface area contributed by atoms with Gasteiger partial charge in [-0.2, -0.15) is 0 Å². The largest absolute Gasteiger partial charge is 0.449 e. The lowest BCUT2D eigenvalue weighted by molar-refractivity contribution is -0.491. The number of hydrogen-bond acceptors (Lipinski definition) is 2. The summed E-state index contributed by atoms with van der Waals surface area (Å²) in [6, 6.07) is 0. The van der Waals surface area contributed by atoms with Crippen LogP contribution >= 0.6 is 81.2 Å². The first-order chi connectivity index (χ1) is 4.94. The molecule has 0 aliphatic rings. The predicted molar refractivity (Wildman–Crippen MR) is 53.4 cm³/mol. The molecule has 0 aromatic rings. The summed E-state index contributed by atoms with van der Waals surface area (Å²) in [7, 11) is 0. The Bertz CT molecular complexity index is 140. The van der Waals surface area contributed by atoms with Gasteiger partial charge in [0.05, 0.1) is 4.92 Å². The number of halogens is 7. The molecule has 74 valence electrons. The highest BCUT2D eigenvalue weighted by Gasteiger charge is 2.33. The normalized spacial score (nSPS) is 11.6. The molecule has 0 bridgehead atoms. The Labute approximate surface area is 103 Å². The van der Waals surface area contributed by atoms with Gasteiger partial charge in [-0.05, 0) is 34.8 Å². The highest BCUT2D eigenvalue weighted by molar-refractivity contribution is 6.83. The molecule has 0 unspecified atom stereocenters. The molecule has 0 aromatic heterocycles. The maximum absolute atomic E-state index is 9.43. The monoisotopic (exact) mass is 315 g/mol. The molecular weight excluding hydrogens is 318 g/mol. The van der Waals surface area contributed by atoms with Gasteiger partial charge in [0.2, 0.25) is 0 Å². The fourth-order valence-corrected chi connectivity index (χ4v) is 0. The zero-order valence-corrected chi connectivity index (χ0v) is 10.2. The minimum Gasteiger partial charge on any atom is -0.260 e. The molecule has 12 heavy (non-hydrogen) atoms. The molecule has 0 aliphatic heterocycles. The highest BCUT2D eigenvalue weighted by Crippen LogP contribution is 2.29. The van der Waals surface area contributed by atoms with E-state index in [1.165, 1.54) is 0 Å². The molecule has 0 atom stereocenters. The fraction of sp³-hybridized carbons (Fsp3) is 1.00. The van der Waals surface area contributed by atoms with E-state index in [1.54, 1.807) is 0 Å². The first kappa shape index (κ1) is 15.9. The second-order valence-electron chi connectivity index (χ2n) is 1.15. The zero-order chi connectivity index (χ0) is 10.6. The number of nitrogens with zero attached hydrogens (tertiary/aromatic N) is 1. The maximum atomic E-state index is 9.43. The molecule has 3 nitrogen and oxygen atoms in total. The number of alkyl halides is 7. The Morgan fingerprint density at radius 3 is 1.00 bits per heavy atom. The average Bonchev–Trinajstić information content (AvgIpc) is 1.55. The molecule has 0 spiro atoms. The second kappa shape index (κ2) is 6.02. The van der Waals surface area contributed by atoms with Crippen LogP contribution in [0.15, 0.2) is 0 Å². The van der Waals surface area contributed by atoms with E-state index in [1.807, 2.05) is 0 Å².